The van der Waals surface area contributed by atoms with E-state index in [2.05, 4.69) is 18.2 Å². The number of ether oxygens (including phenoxy) is 1. The van der Waals surface area contributed by atoms with Crippen molar-refractivity contribution in [2.45, 2.75) is 109 Å². The van der Waals surface area contributed by atoms with Gasteiger partial charge >= 0.3 is 18.1 Å². The predicted molar refractivity (Wildman–Crippen MR) is 114 cm³/mol. The lowest BCUT2D eigenvalue weighted by molar-refractivity contribution is -0.177. The minimum Gasteiger partial charge on any atom is -0.467 e. The van der Waals surface area contributed by atoms with E-state index in [0.717, 1.165) is 26.4 Å². The Morgan fingerprint density at radius 1 is 0.839 bits per heavy atom. The topological polar surface area (TPSA) is 72.5 Å². The normalized spacial score (nSPS) is 13.3. The van der Waals surface area contributed by atoms with Crippen LogP contribution in [0.2, 0.25) is 0 Å². The van der Waals surface area contributed by atoms with Gasteiger partial charge in [-0.2, -0.15) is 13.2 Å². The summed E-state index contributed by atoms with van der Waals surface area (Å²) in [7, 11) is 0.929. The van der Waals surface area contributed by atoms with E-state index in [9.17, 15) is 27.6 Å². The molecule has 1 unspecified atom stereocenters. The molecule has 31 heavy (non-hydrogen) atoms. The Kier molecular flexibility index (Phi) is 14.9. The molecule has 0 aliphatic carbocycles. The van der Waals surface area contributed by atoms with Gasteiger partial charge in [-0.05, 0) is 12.5 Å². The Balaban J connectivity index is 4.26. The van der Waals surface area contributed by atoms with Gasteiger partial charge in [-0.15, -0.1) is 0 Å². The zero-order valence-electron chi connectivity index (χ0n) is 19.0. The zero-order chi connectivity index (χ0) is 23.8. The molecule has 0 aliphatic heterocycles. The number of carbonyl (C=O) groups is 3. The van der Waals surface area contributed by atoms with Crippen molar-refractivity contribution in [2.75, 3.05) is 7.11 Å². The van der Waals surface area contributed by atoms with Crippen LogP contribution in [0.25, 0.3) is 0 Å². The van der Waals surface area contributed by atoms with Crippen molar-refractivity contribution >= 4 is 17.7 Å². The van der Waals surface area contributed by atoms with Crippen LogP contribution in [0, 0.1) is 0 Å². The Bertz CT molecular complexity index is 564. The molecule has 0 saturated heterocycles. The van der Waals surface area contributed by atoms with Crippen LogP contribution >= 0.6 is 0 Å². The van der Waals surface area contributed by atoms with Gasteiger partial charge in [0, 0.05) is 6.42 Å². The van der Waals surface area contributed by atoms with Gasteiger partial charge in [0.05, 0.1) is 7.11 Å². The second-order valence-corrected chi connectivity index (χ2v) is 7.87. The molecule has 0 bridgehead atoms. The van der Waals surface area contributed by atoms with Gasteiger partial charge in [-0.25, -0.2) is 4.79 Å². The SMILES string of the molecule is C=CC(NC(=O)C(F)(F)F)(C(=O)CCCCCCCCCCCCCCC)C(=O)OC. The van der Waals surface area contributed by atoms with E-state index < -0.39 is 29.4 Å². The largest absolute Gasteiger partial charge is 0.471 e. The van der Waals surface area contributed by atoms with Gasteiger partial charge in [0.25, 0.3) is 0 Å². The smallest absolute Gasteiger partial charge is 0.467 e. The monoisotopic (exact) mass is 449 g/mol. The second kappa shape index (κ2) is 15.9. The number of hydrogen-bond donors (Lipinski definition) is 1. The molecule has 0 radical (unpaired) electrons. The van der Waals surface area contributed by atoms with Crippen LogP contribution in [0.4, 0.5) is 13.2 Å². The number of methoxy groups -OCH3 is 1. The lowest BCUT2D eigenvalue weighted by Crippen LogP contribution is -2.61. The molecular weight excluding hydrogens is 411 g/mol. The summed E-state index contributed by atoms with van der Waals surface area (Å²) in [5.41, 5.74) is -2.53. The molecule has 0 fully saturated rings. The maximum absolute atomic E-state index is 12.6. The van der Waals surface area contributed by atoms with Crippen molar-refractivity contribution in [3.8, 4) is 0 Å². The van der Waals surface area contributed by atoms with E-state index >= 15 is 0 Å². The summed E-state index contributed by atoms with van der Waals surface area (Å²) >= 11 is 0. The molecule has 1 atom stereocenters. The molecule has 0 aromatic carbocycles. The number of nitrogens with one attached hydrogen (secondary N) is 1. The van der Waals surface area contributed by atoms with E-state index in [4.69, 9.17) is 0 Å². The molecule has 0 spiro atoms. The molecule has 0 aromatic heterocycles. The molecule has 1 N–H and O–H groups in total. The van der Waals surface area contributed by atoms with E-state index in [-0.39, 0.29) is 6.42 Å². The predicted octanol–water partition coefficient (Wildman–Crippen LogP) is 5.81. The molecule has 0 aliphatic rings. The van der Waals surface area contributed by atoms with Crippen molar-refractivity contribution < 1.29 is 32.3 Å². The average Bonchev–Trinajstić information content (AvgIpc) is 2.73. The summed E-state index contributed by atoms with van der Waals surface area (Å²) in [6.07, 6.45) is 9.62. The molecule has 1 amide bonds. The van der Waals surface area contributed by atoms with E-state index in [1.54, 1.807) is 0 Å². The van der Waals surface area contributed by atoms with Gasteiger partial charge in [0.2, 0.25) is 5.54 Å². The van der Waals surface area contributed by atoms with Gasteiger partial charge in [0.1, 0.15) is 0 Å². The molecule has 0 saturated carbocycles. The highest BCUT2D eigenvalue weighted by atomic mass is 19.4. The Hall–Kier alpha value is -1.86. The average molecular weight is 450 g/mol. The molecular formula is C23H38F3NO4. The lowest BCUT2D eigenvalue weighted by Gasteiger charge is -2.27. The number of alkyl halides is 3. The number of amides is 1. The first-order chi connectivity index (χ1) is 14.7. The maximum Gasteiger partial charge on any atom is 0.471 e. The van der Waals surface area contributed by atoms with Gasteiger partial charge in [-0.3, -0.25) is 9.59 Å². The van der Waals surface area contributed by atoms with E-state index in [0.29, 0.717) is 18.9 Å². The number of rotatable bonds is 18. The summed E-state index contributed by atoms with van der Waals surface area (Å²) in [4.78, 5) is 35.8. The molecule has 5 nitrogen and oxygen atoms in total. The molecule has 0 rings (SSSR count). The maximum atomic E-state index is 12.6. The van der Waals surface area contributed by atoms with E-state index in [1.807, 2.05) is 0 Å². The first-order valence-corrected chi connectivity index (χ1v) is 11.3. The van der Waals surface area contributed by atoms with Crippen molar-refractivity contribution in [3.63, 3.8) is 0 Å². The van der Waals surface area contributed by atoms with Gasteiger partial charge < -0.3 is 10.1 Å². The van der Waals surface area contributed by atoms with Crippen LogP contribution in [0.15, 0.2) is 12.7 Å². The number of hydrogen-bond acceptors (Lipinski definition) is 4. The standard InChI is InChI=1S/C23H38F3NO4/c1-4-6-7-8-9-10-11-12-13-14-15-16-17-18-19(28)22(5-2,21(30)31-3)27-20(29)23(24,25)26/h5H,2,4,6-18H2,1,3H3,(H,27,29). The van der Waals surface area contributed by atoms with Crippen molar-refractivity contribution in [3.05, 3.63) is 12.7 Å². The van der Waals surface area contributed by atoms with Crippen molar-refractivity contribution in [1.29, 1.82) is 0 Å². The van der Waals surface area contributed by atoms with Crippen LogP contribution in [-0.2, 0) is 19.1 Å². The minimum absolute atomic E-state index is 0.156. The number of carbonyl (C=O) groups excluding carboxylic acids is 3. The number of esters is 1. The first-order valence-electron chi connectivity index (χ1n) is 11.3. The number of halogens is 3. The number of unbranched alkanes of at least 4 members (excludes halogenated alkanes) is 12. The van der Waals surface area contributed by atoms with E-state index in [1.165, 1.54) is 56.7 Å². The van der Waals surface area contributed by atoms with Crippen LogP contribution in [0.1, 0.15) is 96.8 Å². The third-order valence-electron chi connectivity index (χ3n) is 5.33. The Morgan fingerprint density at radius 2 is 1.26 bits per heavy atom. The molecule has 0 aromatic rings. The molecule has 8 heteroatoms. The fourth-order valence-electron chi connectivity index (χ4n) is 3.39. The highest BCUT2D eigenvalue weighted by molar-refractivity contribution is 6.13. The summed E-state index contributed by atoms with van der Waals surface area (Å²) < 4.78 is 42.3. The summed E-state index contributed by atoms with van der Waals surface area (Å²) in [6, 6.07) is 0. The van der Waals surface area contributed by atoms with Crippen molar-refractivity contribution in [2.24, 2.45) is 0 Å². The minimum atomic E-state index is -5.24. The molecule has 180 valence electrons. The zero-order valence-corrected chi connectivity index (χ0v) is 19.0. The van der Waals surface area contributed by atoms with Crippen LogP contribution in [-0.4, -0.2) is 36.5 Å². The fourth-order valence-corrected chi connectivity index (χ4v) is 3.39. The summed E-state index contributed by atoms with van der Waals surface area (Å²) in [6.45, 7) is 5.47. The lowest BCUT2D eigenvalue weighted by atomic mass is 9.90. The van der Waals surface area contributed by atoms with Crippen LogP contribution < -0.4 is 5.32 Å². The highest BCUT2D eigenvalue weighted by Gasteiger charge is 2.50. The Labute approximate surface area is 184 Å². The van der Waals surface area contributed by atoms with Crippen LogP contribution in [0.5, 0.6) is 0 Å². The molecule has 0 heterocycles. The second-order valence-electron chi connectivity index (χ2n) is 7.87. The van der Waals surface area contributed by atoms with Crippen LogP contribution in [0.3, 0.4) is 0 Å². The number of ketones is 1. The summed E-state index contributed by atoms with van der Waals surface area (Å²) in [5.74, 6) is -4.55. The highest BCUT2D eigenvalue weighted by Crippen LogP contribution is 2.21. The van der Waals surface area contributed by atoms with Gasteiger partial charge in [0.15, 0.2) is 5.78 Å². The fraction of sp³-hybridized carbons (Fsp3) is 0.783. The van der Waals surface area contributed by atoms with Crippen molar-refractivity contribution in [1.82, 2.24) is 5.32 Å². The third-order valence-corrected chi connectivity index (χ3v) is 5.33. The Morgan fingerprint density at radius 3 is 1.61 bits per heavy atom. The van der Waals surface area contributed by atoms with Gasteiger partial charge in [-0.1, -0.05) is 90.6 Å². The first kappa shape index (κ1) is 29.1. The third kappa shape index (κ3) is 11.4. The summed E-state index contributed by atoms with van der Waals surface area (Å²) in [5, 5.41) is 1.46. The number of Topliss-reactive ketones (excluding diaryl/α,β-unsaturated/α-hetero) is 1. The quantitative estimate of drug-likeness (QED) is 0.124.